The fraction of sp³-hybridized carbons (Fsp3) is 0.368. The van der Waals surface area contributed by atoms with Crippen LogP contribution in [-0.4, -0.2) is 31.6 Å². The Hall–Kier alpha value is -2.34. The maximum Gasteiger partial charge on any atom is 0.339 e. The SMILES string of the molecule is O=C(COC(=O)c1csc2c1CCCC2)NCCOc1ccccc1. The Morgan fingerprint density at radius 2 is 1.92 bits per heavy atom. The lowest BCUT2D eigenvalue weighted by molar-refractivity contribution is -0.124. The first-order chi connectivity index (χ1) is 12.2. The van der Waals surface area contributed by atoms with Crippen LogP contribution in [0.15, 0.2) is 35.7 Å². The number of nitrogens with one attached hydrogen (secondary N) is 1. The zero-order valence-electron chi connectivity index (χ0n) is 14.0. The minimum absolute atomic E-state index is 0.269. The third-order valence-corrected chi connectivity index (χ3v) is 5.14. The summed E-state index contributed by atoms with van der Waals surface area (Å²) >= 11 is 1.61. The molecular weight excluding hydrogens is 338 g/mol. The van der Waals surface area contributed by atoms with Gasteiger partial charge in [0.05, 0.1) is 12.1 Å². The highest BCUT2D eigenvalue weighted by Gasteiger charge is 2.21. The van der Waals surface area contributed by atoms with Crippen LogP contribution in [0.2, 0.25) is 0 Å². The normalized spacial score (nSPS) is 13.0. The molecule has 0 fully saturated rings. The largest absolute Gasteiger partial charge is 0.492 e. The van der Waals surface area contributed by atoms with E-state index in [1.165, 1.54) is 11.3 Å². The second-order valence-electron chi connectivity index (χ2n) is 5.85. The van der Waals surface area contributed by atoms with Gasteiger partial charge in [-0.25, -0.2) is 4.79 Å². The molecule has 0 unspecified atom stereocenters. The van der Waals surface area contributed by atoms with Crippen LogP contribution in [0, 0.1) is 0 Å². The predicted octanol–water partition coefficient (Wildman–Crippen LogP) is 2.98. The fourth-order valence-corrected chi connectivity index (χ4v) is 3.92. The fourth-order valence-electron chi connectivity index (χ4n) is 2.80. The van der Waals surface area contributed by atoms with Crippen LogP contribution in [0.3, 0.4) is 0 Å². The maximum absolute atomic E-state index is 12.2. The van der Waals surface area contributed by atoms with E-state index in [-0.39, 0.29) is 12.5 Å². The van der Waals surface area contributed by atoms with Crippen LogP contribution in [0.4, 0.5) is 0 Å². The summed E-state index contributed by atoms with van der Waals surface area (Å²) in [6.45, 7) is 0.454. The van der Waals surface area contributed by atoms with Crippen molar-refractivity contribution in [1.29, 1.82) is 0 Å². The Bertz CT molecular complexity index is 726. The molecule has 1 aromatic heterocycles. The average molecular weight is 359 g/mol. The van der Waals surface area contributed by atoms with E-state index in [1.807, 2.05) is 35.7 Å². The molecule has 1 aliphatic rings. The second-order valence-corrected chi connectivity index (χ2v) is 6.81. The van der Waals surface area contributed by atoms with Crippen LogP contribution in [0.1, 0.15) is 33.6 Å². The Morgan fingerprint density at radius 1 is 1.12 bits per heavy atom. The molecule has 0 aliphatic heterocycles. The van der Waals surface area contributed by atoms with E-state index in [4.69, 9.17) is 9.47 Å². The molecule has 2 aromatic rings. The number of amides is 1. The Morgan fingerprint density at radius 3 is 2.76 bits per heavy atom. The number of hydrogen-bond donors (Lipinski definition) is 1. The highest BCUT2D eigenvalue weighted by atomic mass is 32.1. The lowest BCUT2D eigenvalue weighted by atomic mass is 9.96. The number of rotatable bonds is 7. The van der Waals surface area contributed by atoms with Crippen molar-refractivity contribution >= 4 is 23.2 Å². The van der Waals surface area contributed by atoms with Crippen molar-refractivity contribution in [3.8, 4) is 5.75 Å². The minimum Gasteiger partial charge on any atom is -0.492 e. The molecule has 5 nitrogen and oxygen atoms in total. The van der Waals surface area contributed by atoms with Gasteiger partial charge in [0.25, 0.3) is 5.91 Å². The smallest absolute Gasteiger partial charge is 0.339 e. The lowest BCUT2D eigenvalue weighted by Gasteiger charge is -2.12. The monoisotopic (exact) mass is 359 g/mol. The quantitative estimate of drug-likeness (QED) is 0.610. The number of hydrogen-bond acceptors (Lipinski definition) is 5. The van der Waals surface area contributed by atoms with Gasteiger partial charge < -0.3 is 14.8 Å². The molecule has 6 heteroatoms. The summed E-state index contributed by atoms with van der Waals surface area (Å²) in [6.07, 6.45) is 4.24. The molecule has 132 valence electrons. The first-order valence-corrected chi connectivity index (χ1v) is 9.33. The Labute approximate surface area is 151 Å². The molecule has 1 N–H and O–H groups in total. The molecule has 25 heavy (non-hydrogen) atoms. The molecule has 0 saturated carbocycles. The number of carbonyl (C=O) groups excluding carboxylic acids is 2. The van der Waals surface area contributed by atoms with Crippen LogP contribution in [-0.2, 0) is 22.4 Å². The number of aryl methyl sites for hydroxylation is 1. The van der Waals surface area contributed by atoms with Crippen molar-refractivity contribution in [1.82, 2.24) is 5.32 Å². The summed E-state index contributed by atoms with van der Waals surface area (Å²) < 4.78 is 10.6. The minimum atomic E-state index is -0.407. The molecule has 0 radical (unpaired) electrons. The molecule has 1 aliphatic carbocycles. The van der Waals surface area contributed by atoms with E-state index in [0.717, 1.165) is 30.6 Å². The summed E-state index contributed by atoms with van der Waals surface area (Å²) in [4.78, 5) is 25.2. The molecule has 0 atom stereocenters. The molecule has 1 heterocycles. The van der Waals surface area contributed by atoms with Crippen molar-refractivity contribution in [2.24, 2.45) is 0 Å². The van der Waals surface area contributed by atoms with Gasteiger partial charge in [0, 0.05) is 10.3 Å². The molecule has 1 aromatic carbocycles. The molecular formula is C19H21NO4S. The summed E-state index contributed by atoms with van der Waals surface area (Å²) in [5, 5.41) is 4.53. The highest BCUT2D eigenvalue weighted by molar-refractivity contribution is 7.10. The van der Waals surface area contributed by atoms with Gasteiger partial charge in [0.2, 0.25) is 0 Å². The summed E-state index contributed by atoms with van der Waals surface area (Å²) in [6, 6.07) is 9.39. The number of thiophene rings is 1. The summed E-state index contributed by atoms with van der Waals surface area (Å²) in [5.74, 6) is 0.0228. The Balaban J connectivity index is 1.37. The second kappa shape index (κ2) is 8.67. The predicted molar refractivity (Wildman–Crippen MR) is 96.2 cm³/mol. The van der Waals surface area contributed by atoms with Crippen molar-refractivity contribution in [2.45, 2.75) is 25.7 Å². The number of para-hydroxylation sites is 1. The molecule has 0 spiro atoms. The molecule has 3 rings (SSSR count). The summed E-state index contributed by atoms with van der Waals surface area (Å²) in [7, 11) is 0. The van der Waals surface area contributed by atoms with E-state index < -0.39 is 5.97 Å². The van der Waals surface area contributed by atoms with Crippen LogP contribution in [0.25, 0.3) is 0 Å². The molecule has 1 amide bonds. The van der Waals surface area contributed by atoms with E-state index >= 15 is 0 Å². The van der Waals surface area contributed by atoms with Gasteiger partial charge in [0.15, 0.2) is 6.61 Å². The van der Waals surface area contributed by atoms with E-state index in [0.29, 0.717) is 18.7 Å². The Kier molecular flexibility index (Phi) is 6.06. The number of benzene rings is 1. The van der Waals surface area contributed by atoms with Gasteiger partial charge >= 0.3 is 5.97 Å². The van der Waals surface area contributed by atoms with Crippen LogP contribution in [0.5, 0.6) is 5.75 Å². The first-order valence-electron chi connectivity index (χ1n) is 8.45. The van der Waals surface area contributed by atoms with Crippen molar-refractivity contribution in [2.75, 3.05) is 19.8 Å². The summed E-state index contributed by atoms with van der Waals surface area (Å²) in [5.41, 5.74) is 1.73. The number of carbonyl (C=O) groups is 2. The van der Waals surface area contributed by atoms with Crippen molar-refractivity contribution < 1.29 is 19.1 Å². The number of esters is 1. The number of fused-ring (bicyclic) bond motifs is 1. The van der Waals surface area contributed by atoms with Crippen molar-refractivity contribution in [3.63, 3.8) is 0 Å². The topological polar surface area (TPSA) is 64.6 Å². The average Bonchev–Trinajstić information content (AvgIpc) is 3.08. The van der Waals surface area contributed by atoms with Gasteiger partial charge in [-0.05, 0) is 43.4 Å². The van der Waals surface area contributed by atoms with Gasteiger partial charge in [-0.3, -0.25) is 4.79 Å². The van der Waals surface area contributed by atoms with Gasteiger partial charge in [0.1, 0.15) is 12.4 Å². The maximum atomic E-state index is 12.2. The van der Waals surface area contributed by atoms with Crippen molar-refractivity contribution in [3.05, 3.63) is 51.7 Å². The zero-order chi connectivity index (χ0) is 17.5. The van der Waals surface area contributed by atoms with Gasteiger partial charge in [-0.1, -0.05) is 18.2 Å². The molecule has 0 bridgehead atoms. The zero-order valence-corrected chi connectivity index (χ0v) is 14.8. The standard InChI is InChI=1S/C19H21NO4S/c21-18(20-10-11-23-14-6-2-1-3-7-14)12-24-19(22)16-13-25-17-9-5-4-8-15(16)17/h1-3,6-7,13H,4-5,8-12H2,(H,20,21). The van der Waals surface area contributed by atoms with Crippen LogP contribution < -0.4 is 10.1 Å². The highest BCUT2D eigenvalue weighted by Crippen LogP contribution is 2.30. The van der Waals surface area contributed by atoms with Gasteiger partial charge in [-0.15, -0.1) is 11.3 Å². The van der Waals surface area contributed by atoms with E-state index in [1.54, 1.807) is 11.3 Å². The first kappa shape index (κ1) is 17.5. The molecule has 0 saturated heterocycles. The van der Waals surface area contributed by atoms with E-state index in [9.17, 15) is 9.59 Å². The van der Waals surface area contributed by atoms with Gasteiger partial charge in [-0.2, -0.15) is 0 Å². The lowest BCUT2D eigenvalue weighted by Crippen LogP contribution is -2.32. The van der Waals surface area contributed by atoms with E-state index in [2.05, 4.69) is 5.32 Å². The number of ether oxygens (including phenoxy) is 2. The third kappa shape index (κ3) is 4.82. The van der Waals surface area contributed by atoms with Crippen LogP contribution >= 0.6 is 11.3 Å². The third-order valence-electron chi connectivity index (χ3n) is 4.05.